The van der Waals surface area contributed by atoms with Crippen molar-refractivity contribution in [3.05, 3.63) is 144 Å². The summed E-state index contributed by atoms with van der Waals surface area (Å²) >= 11 is 0. The largest absolute Gasteiger partial charge is 0.445 e. The summed E-state index contributed by atoms with van der Waals surface area (Å²) < 4.78 is 25.4. The summed E-state index contributed by atoms with van der Waals surface area (Å²) in [4.78, 5) is 13.1. The lowest BCUT2D eigenvalue weighted by atomic mass is 9.63. The van der Waals surface area contributed by atoms with Crippen LogP contribution in [0, 0.1) is 5.41 Å². The molecule has 0 aromatic heterocycles. The molecule has 2 bridgehead atoms. The maximum Gasteiger partial charge on any atom is 0.407 e. The highest BCUT2D eigenvalue weighted by Crippen LogP contribution is 2.65. The molecule has 4 aromatic carbocycles. The Morgan fingerprint density at radius 2 is 1.17 bits per heavy atom. The monoisotopic (exact) mass is 563 g/mol. The molecule has 7 rings (SSSR count). The lowest BCUT2D eigenvalue weighted by Crippen LogP contribution is -2.67. The third-order valence-corrected chi connectivity index (χ3v) is 8.44. The van der Waals surface area contributed by atoms with E-state index >= 15 is 0 Å². The fourth-order valence-electron chi connectivity index (χ4n) is 6.49. The van der Waals surface area contributed by atoms with E-state index in [1.54, 1.807) is 0 Å². The van der Waals surface area contributed by atoms with Gasteiger partial charge in [-0.2, -0.15) is 0 Å². The van der Waals surface area contributed by atoms with Gasteiger partial charge >= 0.3 is 6.09 Å². The fourth-order valence-corrected chi connectivity index (χ4v) is 6.49. The molecule has 0 unspecified atom stereocenters. The van der Waals surface area contributed by atoms with Crippen LogP contribution in [0.3, 0.4) is 0 Å². The van der Waals surface area contributed by atoms with Gasteiger partial charge in [-0.05, 0) is 35.1 Å². The Labute approximate surface area is 247 Å². The Morgan fingerprint density at radius 1 is 0.667 bits per heavy atom. The first-order valence-corrected chi connectivity index (χ1v) is 14.6. The minimum absolute atomic E-state index is 0.205. The minimum atomic E-state index is -0.702. The second-order valence-corrected chi connectivity index (χ2v) is 11.4. The van der Waals surface area contributed by atoms with Gasteiger partial charge in [0.15, 0.2) is 0 Å². The third-order valence-electron chi connectivity index (χ3n) is 8.44. The van der Waals surface area contributed by atoms with Gasteiger partial charge in [0.05, 0.1) is 38.6 Å². The Hall–Kier alpha value is -3.97. The number of hydrogen-bond donors (Lipinski definition) is 1. The smallest absolute Gasteiger partial charge is 0.407 e. The van der Waals surface area contributed by atoms with Crippen LogP contribution in [0.4, 0.5) is 4.79 Å². The van der Waals surface area contributed by atoms with Crippen molar-refractivity contribution in [3.8, 4) is 0 Å². The molecular weight excluding hydrogens is 526 g/mol. The first-order valence-electron chi connectivity index (χ1n) is 14.6. The summed E-state index contributed by atoms with van der Waals surface area (Å²) in [6, 6.07) is 39.9. The zero-order chi connectivity index (χ0) is 28.7. The number of alkyl carbamates (subject to hydrolysis) is 1. The molecule has 3 aliphatic carbocycles. The average molecular weight is 564 g/mol. The van der Waals surface area contributed by atoms with E-state index in [-0.39, 0.29) is 24.2 Å². The summed E-state index contributed by atoms with van der Waals surface area (Å²) in [5.41, 5.74) is 3.23. The van der Waals surface area contributed by atoms with Gasteiger partial charge in [-0.25, -0.2) is 4.79 Å². The van der Waals surface area contributed by atoms with Gasteiger partial charge in [-0.1, -0.05) is 121 Å². The molecule has 6 heteroatoms. The Balaban J connectivity index is 1.21. The van der Waals surface area contributed by atoms with Crippen LogP contribution in [-0.4, -0.2) is 30.4 Å². The van der Waals surface area contributed by atoms with Crippen molar-refractivity contribution in [3.63, 3.8) is 0 Å². The summed E-state index contributed by atoms with van der Waals surface area (Å²) in [6.45, 7) is 2.10. The highest BCUT2D eigenvalue weighted by molar-refractivity contribution is 5.68. The highest BCUT2D eigenvalue weighted by Gasteiger charge is 2.75. The van der Waals surface area contributed by atoms with Gasteiger partial charge < -0.3 is 24.3 Å². The lowest BCUT2D eigenvalue weighted by molar-refractivity contribution is -0.259. The molecule has 3 aliphatic rings. The van der Waals surface area contributed by atoms with Gasteiger partial charge in [0.2, 0.25) is 0 Å². The molecule has 0 aliphatic heterocycles. The average Bonchev–Trinajstić information content (AvgIpc) is 3.47. The molecule has 0 spiro atoms. The van der Waals surface area contributed by atoms with E-state index in [1.165, 1.54) is 0 Å². The van der Waals surface area contributed by atoms with Crippen LogP contribution in [0.15, 0.2) is 121 Å². The number of nitrogens with one attached hydrogen (secondary N) is 1. The van der Waals surface area contributed by atoms with Gasteiger partial charge in [-0.15, -0.1) is 0 Å². The van der Waals surface area contributed by atoms with Crippen LogP contribution in [0.5, 0.6) is 0 Å². The van der Waals surface area contributed by atoms with Crippen molar-refractivity contribution in [1.82, 2.24) is 5.32 Å². The van der Waals surface area contributed by atoms with E-state index in [0.717, 1.165) is 28.7 Å². The first-order chi connectivity index (χ1) is 20.7. The molecule has 216 valence electrons. The summed E-state index contributed by atoms with van der Waals surface area (Å²) in [7, 11) is 0. The predicted molar refractivity (Wildman–Crippen MR) is 160 cm³/mol. The Bertz CT molecular complexity index is 1420. The van der Waals surface area contributed by atoms with E-state index in [4.69, 9.17) is 18.9 Å². The van der Waals surface area contributed by atoms with Crippen LogP contribution in [0.1, 0.15) is 35.1 Å². The van der Waals surface area contributed by atoms with Crippen LogP contribution in [-0.2, 0) is 45.4 Å². The molecule has 3 saturated carbocycles. The molecule has 4 aromatic rings. The Morgan fingerprint density at radius 3 is 1.74 bits per heavy atom. The first kappa shape index (κ1) is 28.2. The Kier molecular flexibility index (Phi) is 8.65. The molecule has 42 heavy (non-hydrogen) atoms. The van der Waals surface area contributed by atoms with Gasteiger partial charge in [0, 0.05) is 5.41 Å². The number of benzene rings is 4. The number of ether oxygens (including phenoxy) is 4. The second kappa shape index (κ2) is 12.9. The van der Waals surface area contributed by atoms with Gasteiger partial charge in [0.25, 0.3) is 0 Å². The van der Waals surface area contributed by atoms with E-state index in [9.17, 15) is 4.79 Å². The quantitative estimate of drug-likeness (QED) is 0.193. The molecule has 4 atom stereocenters. The number of hydrogen-bond acceptors (Lipinski definition) is 5. The second-order valence-electron chi connectivity index (χ2n) is 11.4. The lowest BCUT2D eigenvalue weighted by Gasteiger charge is -2.54. The number of carbonyl (C=O) groups excluding carboxylic acids is 1. The highest BCUT2D eigenvalue weighted by atomic mass is 16.6. The van der Waals surface area contributed by atoms with Crippen molar-refractivity contribution in [2.75, 3.05) is 6.61 Å². The minimum Gasteiger partial charge on any atom is -0.445 e. The third kappa shape index (κ3) is 6.26. The predicted octanol–water partition coefficient (Wildman–Crippen LogP) is 6.83. The molecule has 0 heterocycles. The number of carbonyl (C=O) groups is 1. The zero-order valence-corrected chi connectivity index (χ0v) is 23.7. The maximum absolute atomic E-state index is 13.1. The van der Waals surface area contributed by atoms with Crippen molar-refractivity contribution >= 4 is 6.09 Å². The molecule has 3 fully saturated rings. The molecular formula is C36H37NO5. The number of fused-ring (bicyclic) bond motifs is 1. The molecule has 1 amide bonds. The van der Waals surface area contributed by atoms with E-state index in [2.05, 4.69) is 41.7 Å². The standard InChI is InChI=1S/C36H37NO5/c38-34(41-24-30-17-9-3-10-18-30)37-32-21-35(27-39-22-28-13-5-1-6-14-28)26-36(32,42-25-31-19-11-4-12-20-31)33(35)40-23-29-15-7-2-8-16-29/h1-20,32-33H,21-27H2,(H,37,38)/t32-,33-,35-,36+/m1/s1. The van der Waals surface area contributed by atoms with Crippen molar-refractivity contribution in [2.24, 2.45) is 5.41 Å². The van der Waals surface area contributed by atoms with Crippen LogP contribution in [0.25, 0.3) is 0 Å². The zero-order valence-electron chi connectivity index (χ0n) is 23.7. The number of rotatable bonds is 13. The fraction of sp³-hybridized carbons (Fsp3) is 0.306. The number of amides is 1. The van der Waals surface area contributed by atoms with Crippen LogP contribution < -0.4 is 5.32 Å². The van der Waals surface area contributed by atoms with E-state index in [0.29, 0.717) is 32.8 Å². The van der Waals surface area contributed by atoms with Crippen LogP contribution in [0.2, 0.25) is 0 Å². The molecule has 0 saturated heterocycles. The van der Waals surface area contributed by atoms with E-state index in [1.807, 2.05) is 84.9 Å². The van der Waals surface area contributed by atoms with Crippen molar-refractivity contribution in [1.29, 1.82) is 0 Å². The normalized spacial score (nSPS) is 24.1. The summed E-state index contributed by atoms with van der Waals surface area (Å²) in [5, 5.41) is 3.16. The van der Waals surface area contributed by atoms with Crippen molar-refractivity contribution < 1.29 is 23.7 Å². The summed E-state index contributed by atoms with van der Waals surface area (Å²) in [6.07, 6.45) is 0.687. The van der Waals surface area contributed by atoms with Crippen molar-refractivity contribution in [2.45, 2.75) is 57.0 Å². The summed E-state index contributed by atoms with van der Waals surface area (Å²) in [5.74, 6) is 0. The topological polar surface area (TPSA) is 66.0 Å². The van der Waals surface area contributed by atoms with Gasteiger partial charge in [-0.3, -0.25) is 0 Å². The SMILES string of the molecule is O=C(N[C@@H]1C[C@]2(COCc3ccccc3)C[C@@]1(OCc1ccccc1)[C@@H]2OCc1ccccc1)OCc1ccccc1. The van der Waals surface area contributed by atoms with Crippen LogP contribution >= 0.6 is 0 Å². The maximum atomic E-state index is 13.1. The van der Waals surface area contributed by atoms with Gasteiger partial charge in [0.1, 0.15) is 12.2 Å². The van der Waals surface area contributed by atoms with E-state index < -0.39 is 11.7 Å². The molecule has 0 radical (unpaired) electrons. The molecule has 6 nitrogen and oxygen atoms in total. The molecule has 1 N–H and O–H groups in total.